The van der Waals surface area contributed by atoms with Crippen molar-refractivity contribution in [2.75, 3.05) is 6.61 Å². The van der Waals surface area contributed by atoms with E-state index in [0.29, 0.717) is 23.1 Å². The molecule has 144 valence electrons. The van der Waals surface area contributed by atoms with Crippen LogP contribution in [0.15, 0.2) is 46.1 Å². The molecular formula is C20H22O7. The molecule has 7 nitrogen and oxygen atoms in total. The van der Waals surface area contributed by atoms with E-state index >= 15 is 0 Å². The van der Waals surface area contributed by atoms with Crippen molar-refractivity contribution in [3.8, 4) is 0 Å². The number of aliphatic hydroxyl groups excluding tert-OH is 1. The van der Waals surface area contributed by atoms with Gasteiger partial charge in [-0.25, -0.2) is 14.4 Å². The predicted octanol–water partition coefficient (Wildman–Crippen LogP) is 1.67. The maximum Gasteiger partial charge on any atom is 0.337 e. The van der Waals surface area contributed by atoms with Gasteiger partial charge in [-0.15, -0.1) is 0 Å². The zero-order valence-electron chi connectivity index (χ0n) is 15.5. The molecule has 0 aromatic carbocycles. The first-order valence-electron chi connectivity index (χ1n) is 8.81. The standard InChI is InChI=1S/C20H22O7/c1-4-11(3)18(22)26-16-8-12-7-13(25-19(12)23)5-10(2)6-15-17(16)14(9-21)20(24)27-15/h4,6-7,13,15-16,21H,5,8-9H2,1-3H3/b10-6?,11-4-/t13-,15-,16+/m1/s1. The Morgan fingerprint density at radius 3 is 2.67 bits per heavy atom. The van der Waals surface area contributed by atoms with Crippen molar-refractivity contribution in [3.05, 3.63) is 46.1 Å². The van der Waals surface area contributed by atoms with E-state index in [0.717, 1.165) is 5.57 Å². The molecule has 0 saturated carbocycles. The number of carbonyl (C=O) groups is 3. The second kappa shape index (κ2) is 7.52. The monoisotopic (exact) mass is 374 g/mol. The van der Waals surface area contributed by atoms with E-state index in [9.17, 15) is 19.5 Å². The van der Waals surface area contributed by atoms with Crippen LogP contribution in [-0.2, 0) is 28.6 Å². The summed E-state index contributed by atoms with van der Waals surface area (Å²) in [6.07, 6.45) is 3.54. The number of rotatable bonds is 3. The van der Waals surface area contributed by atoms with Gasteiger partial charge < -0.3 is 19.3 Å². The van der Waals surface area contributed by atoms with Gasteiger partial charge in [0, 0.05) is 29.6 Å². The maximum absolute atomic E-state index is 12.4. The van der Waals surface area contributed by atoms with E-state index in [4.69, 9.17) is 14.2 Å². The average Bonchev–Trinajstić information content (AvgIpc) is 3.11. The Kier molecular flexibility index (Phi) is 5.32. The van der Waals surface area contributed by atoms with Crippen LogP contribution in [0, 0.1) is 0 Å². The lowest BCUT2D eigenvalue weighted by atomic mass is 9.91. The van der Waals surface area contributed by atoms with Crippen molar-refractivity contribution < 1.29 is 33.7 Å². The van der Waals surface area contributed by atoms with Crippen LogP contribution in [0.4, 0.5) is 0 Å². The van der Waals surface area contributed by atoms with Crippen LogP contribution in [0.1, 0.15) is 33.6 Å². The van der Waals surface area contributed by atoms with E-state index in [1.165, 1.54) is 0 Å². The molecule has 0 aromatic heterocycles. The van der Waals surface area contributed by atoms with Gasteiger partial charge in [0.2, 0.25) is 0 Å². The summed E-state index contributed by atoms with van der Waals surface area (Å²) in [5.74, 6) is -1.68. The van der Waals surface area contributed by atoms with E-state index in [1.807, 2.05) is 6.92 Å². The van der Waals surface area contributed by atoms with Crippen molar-refractivity contribution in [2.24, 2.45) is 0 Å². The van der Waals surface area contributed by atoms with E-state index in [1.54, 1.807) is 32.1 Å². The molecule has 0 unspecified atom stereocenters. The molecule has 0 radical (unpaired) electrons. The first-order valence-corrected chi connectivity index (χ1v) is 8.81. The van der Waals surface area contributed by atoms with Crippen LogP contribution >= 0.6 is 0 Å². The molecule has 0 saturated heterocycles. The van der Waals surface area contributed by atoms with Crippen molar-refractivity contribution in [3.63, 3.8) is 0 Å². The Morgan fingerprint density at radius 1 is 1.26 bits per heavy atom. The van der Waals surface area contributed by atoms with Gasteiger partial charge in [-0.2, -0.15) is 0 Å². The number of fused-ring (bicyclic) bond motifs is 2. The van der Waals surface area contributed by atoms with Crippen LogP contribution in [0.25, 0.3) is 0 Å². The Hall–Kier alpha value is -2.67. The molecule has 0 aromatic rings. The second-order valence-electron chi connectivity index (χ2n) is 6.84. The van der Waals surface area contributed by atoms with Gasteiger partial charge in [0.25, 0.3) is 0 Å². The molecule has 7 heteroatoms. The fourth-order valence-electron chi connectivity index (χ4n) is 3.39. The summed E-state index contributed by atoms with van der Waals surface area (Å²) in [6.45, 7) is 4.62. The highest BCUT2D eigenvalue weighted by Gasteiger charge is 2.41. The van der Waals surface area contributed by atoms with Crippen LogP contribution in [0.3, 0.4) is 0 Å². The summed E-state index contributed by atoms with van der Waals surface area (Å²) in [5, 5.41) is 9.68. The first-order chi connectivity index (χ1) is 12.8. The number of hydrogen-bond donors (Lipinski definition) is 1. The van der Waals surface area contributed by atoms with Crippen LogP contribution < -0.4 is 0 Å². The van der Waals surface area contributed by atoms with Gasteiger partial charge in [-0.3, -0.25) is 0 Å². The normalized spacial score (nSPS) is 28.1. The van der Waals surface area contributed by atoms with Gasteiger partial charge in [0.1, 0.15) is 18.3 Å². The highest BCUT2D eigenvalue weighted by atomic mass is 16.6. The summed E-state index contributed by atoms with van der Waals surface area (Å²) >= 11 is 0. The lowest BCUT2D eigenvalue weighted by molar-refractivity contribution is -0.145. The minimum absolute atomic E-state index is 0.0525. The molecule has 0 fully saturated rings. The van der Waals surface area contributed by atoms with E-state index in [-0.39, 0.29) is 12.0 Å². The predicted molar refractivity (Wildman–Crippen MR) is 94.3 cm³/mol. The molecule has 1 N–H and O–H groups in total. The third kappa shape index (κ3) is 3.73. The van der Waals surface area contributed by atoms with Crippen molar-refractivity contribution in [1.82, 2.24) is 0 Å². The third-order valence-electron chi connectivity index (χ3n) is 4.92. The van der Waals surface area contributed by atoms with E-state index in [2.05, 4.69) is 0 Å². The maximum atomic E-state index is 12.4. The van der Waals surface area contributed by atoms with Crippen LogP contribution in [0.2, 0.25) is 0 Å². The highest BCUT2D eigenvalue weighted by Crippen LogP contribution is 2.35. The molecule has 2 heterocycles. The Labute approximate surface area is 157 Å². The Balaban J connectivity index is 2.07. The second-order valence-corrected chi connectivity index (χ2v) is 6.84. The number of esters is 3. The van der Waals surface area contributed by atoms with Crippen molar-refractivity contribution in [1.29, 1.82) is 0 Å². The molecule has 2 aliphatic heterocycles. The molecule has 2 bridgehead atoms. The largest absolute Gasteiger partial charge is 0.454 e. The fourth-order valence-corrected chi connectivity index (χ4v) is 3.39. The average molecular weight is 374 g/mol. The molecular weight excluding hydrogens is 352 g/mol. The number of allylic oxidation sites excluding steroid dienone is 1. The smallest absolute Gasteiger partial charge is 0.337 e. The zero-order valence-corrected chi connectivity index (χ0v) is 15.5. The van der Waals surface area contributed by atoms with Gasteiger partial charge in [0.05, 0.1) is 12.2 Å². The van der Waals surface area contributed by atoms with E-state index < -0.39 is 42.8 Å². The summed E-state index contributed by atoms with van der Waals surface area (Å²) < 4.78 is 16.4. The first kappa shape index (κ1) is 19.1. The molecule has 1 aliphatic carbocycles. The molecule has 0 spiro atoms. The molecule has 3 atom stereocenters. The highest BCUT2D eigenvalue weighted by molar-refractivity contribution is 5.95. The van der Waals surface area contributed by atoms with Gasteiger partial charge in [0.15, 0.2) is 0 Å². The summed E-state index contributed by atoms with van der Waals surface area (Å²) in [4.78, 5) is 36.7. The fraction of sp³-hybridized carbons (Fsp3) is 0.450. The Morgan fingerprint density at radius 2 is 2.00 bits per heavy atom. The van der Waals surface area contributed by atoms with Gasteiger partial charge >= 0.3 is 17.9 Å². The Bertz CT molecular complexity index is 812. The third-order valence-corrected chi connectivity index (χ3v) is 4.92. The number of carbonyl (C=O) groups excluding carboxylic acids is 3. The quantitative estimate of drug-likeness (QED) is 0.347. The molecule has 27 heavy (non-hydrogen) atoms. The summed E-state index contributed by atoms with van der Waals surface area (Å²) in [5.41, 5.74) is 2.07. The number of ether oxygens (including phenoxy) is 3. The SMILES string of the molecule is C/C=C(/C)C(=O)O[C@H]1CC2=C[C@@H](CC(C)=C[C@H]3OC(=O)C(CO)=C13)OC2=O. The molecule has 0 amide bonds. The topological polar surface area (TPSA) is 99.1 Å². The number of aliphatic hydroxyl groups is 1. The van der Waals surface area contributed by atoms with Crippen LogP contribution in [0.5, 0.6) is 0 Å². The summed E-state index contributed by atoms with van der Waals surface area (Å²) in [7, 11) is 0. The number of hydrogen-bond acceptors (Lipinski definition) is 7. The minimum atomic E-state index is -0.925. The summed E-state index contributed by atoms with van der Waals surface area (Å²) in [6, 6.07) is 0. The molecule has 3 aliphatic rings. The van der Waals surface area contributed by atoms with Crippen LogP contribution in [-0.4, -0.2) is 47.9 Å². The van der Waals surface area contributed by atoms with Gasteiger partial charge in [-0.05, 0) is 32.9 Å². The minimum Gasteiger partial charge on any atom is -0.454 e. The van der Waals surface area contributed by atoms with Gasteiger partial charge in [-0.1, -0.05) is 11.6 Å². The van der Waals surface area contributed by atoms with Crippen molar-refractivity contribution in [2.45, 2.75) is 51.9 Å². The lowest BCUT2D eigenvalue weighted by Crippen LogP contribution is -2.28. The lowest BCUT2D eigenvalue weighted by Gasteiger charge is -2.23. The molecule has 3 rings (SSSR count). The van der Waals surface area contributed by atoms with Crippen molar-refractivity contribution >= 4 is 17.9 Å². The zero-order chi connectivity index (χ0) is 19.7.